The van der Waals surface area contributed by atoms with E-state index < -0.39 is 0 Å². The van der Waals surface area contributed by atoms with Gasteiger partial charge in [-0.3, -0.25) is 14.8 Å². The molecule has 30 heavy (non-hydrogen) atoms. The molecule has 1 amide bonds. The van der Waals surface area contributed by atoms with Gasteiger partial charge in [-0.2, -0.15) is 0 Å². The van der Waals surface area contributed by atoms with Crippen molar-refractivity contribution in [2.24, 2.45) is 0 Å². The Morgan fingerprint density at radius 1 is 1.23 bits per heavy atom. The normalized spacial score (nSPS) is 11.8. The Balaban J connectivity index is 1.55. The van der Waals surface area contributed by atoms with Crippen molar-refractivity contribution in [3.05, 3.63) is 71.3 Å². The minimum atomic E-state index is -0.277. The van der Waals surface area contributed by atoms with E-state index in [1.807, 2.05) is 42.6 Å². The summed E-state index contributed by atoms with van der Waals surface area (Å²) in [6.45, 7) is 2.28. The number of ether oxygens (including phenoxy) is 1. The highest BCUT2D eigenvalue weighted by Crippen LogP contribution is 2.25. The number of nitrogens with zero attached hydrogens (tertiary/aromatic N) is 4. The van der Waals surface area contributed by atoms with Gasteiger partial charge in [0.1, 0.15) is 5.75 Å². The fourth-order valence-electron chi connectivity index (χ4n) is 2.92. The fraction of sp³-hybridized carbons (Fsp3) is 0.190. The second kappa shape index (κ2) is 8.83. The molecule has 1 atom stereocenters. The highest BCUT2D eigenvalue weighted by atomic mass is 32.1. The summed E-state index contributed by atoms with van der Waals surface area (Å²) < 4.78 is 5.92. The lowest BCUT2D eigenvalue weighted by Gasteiger charge is -2.14. The van der Waals surface area contributed by atoms with Crippen LogP contribution in [0.5, 0.6) is 5.75 Å². The first-order valence-corrected chi connectivity index (χ1v) is 10.2. The predicted octanol–water partition coefficient (Wildman–Crippen LogP) is 3.59. The standard InChI is InChI=1S/C21H20N6O2S/c1-13(16-5-3-4-7-23-16)25-21-26-17-6-8-30-19(17)18(27-21)20(28)24-11-14-9-15(29-2)12-22-10-14/h3-10,12-13H,11H2,1-2H3,(H,24,28)(H,25,26,27). The van der Waals surface area contributed by atoms with E-state index in [4.69, 9.17) is 4.74 Å². The van der Waals surface area contributed by atoms with Gasteiger partial charge in [0, 0.05) is 18.9 Å². The number of methoxy groups -OCH3 is 1. The van der Waals surface area contributed by atoms with Crippen LogP contribution in [0.2, 0.25) is 0 Å². The number of hydrogen-bond donors (Lipinski definition) is 2. The van der Waals surface area contributed by atoms with Gasteiger partial charge in [0.25, 0.3) is 5.91 Å². The van der Waals surface area contributed by atoms with Crippen molar-refractivity contribution in [2.75, 3.05) is 12.4 Å². The van der Waals surface area contributed by atoms with Gasteiger partial charge in [0.05, 0.1) is 35.3 Å². The Bertz CT molecular complexity index is 1160. The van der Waals surface area contributed by atoms with Crippen molar-refractivity contribution in [1.82, 2.24) is 25.3 Å². The van der Waals surface area contributed by atoms with E-state index in [1.54, 1.807) is 25.7 Å². The monoisotopic (exact) mass is 420 g/mol. The first-order valence-electron chi connectivity index (χ1n) is 9.33. The number of carbonyl (C=O) groups is 1. The third kappa shape index (κ3) is 4.36. The maximum absolute atomic E-state index is 12.9. The van der Waals surface area contributed by atoms with E-state index in [1.165, 1.54) is 11.3 Å². The van der Waals surface area contributed by atoms with Crippen LogP contribution in [-0.4, -0.2) is 33.0 Å². The molecule has 9 heteroatoms. The molecular weight excluding hydrogens is 400 g/mol. The summed E-state index contributed by atoms with van der Waals surface area (Å²) in [5.74, 6) is 0.743. The Labute approximate surface area is 177 Å². The average Bonchev–Trinajstić information content (AvgIpc) is 3.26. The number of rotatable bonds is 7. The highest BCUT2D eigenvalue weighted by Gasteiger charge is 2.17. The average molecular weight is 420 g/mol. The van der Waals surface area contributed by atoms with Crippen molar-refractivity contribution in [3.63, 3.8) is 0 Å². The molecule has 0 radical (unpaired) electrons. The number of nitrogens with one attached hydrogen (secondary N) is 2. The zero-order valence-electron chi connectivity index (χ0n) is 16.5. The van der Waals surface area contributed by atoms with Gasteiger partial charge in [0.2, 0.25) is 5.95 Å². The minimum absolute atomic E-state index is 0.110. The summed E-state index contributed by atoms with van der Waals surface area (Å²) in [7, 11) is 1.58. The molecule has 0 aliphatic rings. The van der Waals surface area contributed by atoms with Crippen LogP contribution in [0.25, 0.3) is 10.2 Å². The molecule has 0 fully saturated rings. The lowest BCUT2D eigenvalue weighted by atomic mass is 10.2. The van der Waals surface area contributed by atoms with Crippen molar-refractivity contribution >= 4 is 33.4 Å². The second-order valence-corrected chi connectivity index (χ2v) is 7.48. The molecule has 4 aromatic rings. The molecule has 4 aromatic heterocycles. The van der Waals surface area contributed by atoms with Crippen LogP contribution in [0.4, 0.5) is 5.95 Å². The van der Waals surface area contributed by atoms with E-state index in [0.717, 1.165) is 21.5 Å². The number of carbonyl (C=O) groups excluding carboxylic acids is 1. The van der Waals surface area contributed by atoms with Crippen LogP contribution in [0, 0.1) is 0 Å². The number of pyridine rings is 2. The molecule has 4 heterocycles. The first-order chi connectivity index (χ1) is 14.6. The van der Waals surface area contributed by atoms with Crippen LogP contribution in [0.3, 0.4) is 0 Å². The van der Waals surface area contributed by atoms with Crippen LogP contribution in [0.1, 0.15) is 34.7 Å². The van der Waals surface area contributed by atoms with Gasteiger partial charge in [-0.25, -0.2) is 9.97 Å². The topological polar surface area (TPSA) is 102 Å². The van der Waals surface area contributed by atoms with Crippen molar-refractivity contribution in [2.45, 2.75) is 19.5 Å². The van der Waals surface area contributed by atoms with Gasteiger partial charge >= 0.3 is 0 Å². The molecule has 0 spiro atoms. The lowest BCUT2D eigenvalue weighted by molar-refractivity contribution is 0.0948. The van der Waals surface area contributed by atoms with Crippen LogP contribution < -0.4 is 15.4 Å². The molecule has 2 N–H and O–H groups in total. The summed E-state index contributed by atoms with van der Waals surface area (Å²) in [5.41, 5.74) is 2.75. The first kappa shape index (κ1) is 19.7. The Kier molecular flexibility index (Phi) is 5.80. The van der Waals surface area contributed by atoms with Gasteiger partial charge < -0.3 is 15.4 Å². The highest BCUT2D eigenvalue weighted by molar-refractivity contribution is 7.17. The molecule has 152 valence electrons. The summed E-state index contributed by atoms with van der Waals surface area (Å²) >= 11 is 1.44. The van der Waals surface area contributed by atoms with Gasteiger partial charge in [-0.1, -0.05) is 6.07 Å². The van der Waals surface area contributed by atoms with E-state index in [2.05, 4.69) is 30.6 Å². The molecule has 0 aliphatic heterocycles. The van der Waals surface area contributed by atoms with Crippen molar-refractivity contribution < 1.29 is 9.53 Å². The third-order valence-corrected chi connectivity index (χ3v) is 5.36. The fourth-order valence-corrected chi connectivity index (χ4v) is 3.74. The molecule has 0 saturated carbocycles. The van der Waals surface area contributed by atoms with Gasteiger partial charge in [-0.05, 0) is 42.1 Å². The lowest BCUT2D eigenvalue weighted by Crippen LogP contribution is -2.25. The number of aromatic nitrogens is 4. The SMILES string of the molecule is COc1cncc(CNC(=O)c2nc(NC(C)c3ccccn3)nc3ccsc23)c1. The summed E-state index contributed by atoms with van der Waals surface area (Å²) in [6.07, 6.45) is 5.04. The van der Waals surface area contributed by atoms with Gasteiger partial charge in [-0.15, -0.1) is 11.3 Å². The van der Waals surface area contributed by atoms with E-state index >= 15 is 0 Å². The zero-order valence-corrected chi connectivity index (χ0v) is 17.3. The molecule has 8 nitrogen and oxygen atoms in total. The van der Waals surface area contributed by atoms with E-state index in [0.29, 0.717) is 23.9 Å². The number of fused-ring (bicyclic) bond motifs is 1. The number of anilines is 1. The quantitative estimate of drug-likeness (QED) is 0.471. The second-order valence-electron chi connectivity index (χ2n) is 6.57. The summed E-state index contributed by atoms with van der Waals surface area (Å²) in [6, 6.07) is 9.31. The van der Waals surface area contributed by atoms with Crippen molar-refractivity contribution in [1.29, 1.82) is 0 Å². The maximum atomic E-state index is 12.9. The van der Waals surface area contributed by atoms with Crippen LogP contribution in [-0.2, 0) is 6.54 Å². The molecular formula is C21H20N6O2S. The molecule has 0 aromatic carbocycles. The molecule has 4 rings (SSSR count). The molecule has 0 bridgehead atoms. The van der Waals surface area contributed by atoms with E-state index in [-0.39, 0.29) is 11.9 Å². The minimum Gasteiger partial charge on any atom is -0.495 e. The van der Waals surface area contributed by atoms with E-state index in [9.17, 15) is 4.79 Å². The van der Waals surface area contributed by atoms with Gasteiger partial charge in [0.15, 0.2) is 5.69 Å². The Morgan fingerprint density at radius 3 is 2.93 bits per heavy atom. The number of amides is 1. The Morgan fingerprint density at radius 2 is 2.13 bits per heavy atom. The maximum Gasteiger partial charge on any atom is 0.271 e. The molecule has 0 saturated heterocycles. The van der Waals surface area contributed by atoms with Crippen molar-refractivity contribution in [3.8, 4) is 5.75 Å². The van der Waals surface area contributed by atoms with Crippen LogP contribution in [0.15, 0.2) is 54.3 Å². The largest absolute Gasteiger partial charge is 0.495 e. The van der Waals surface area contributed by atoms with Crippen LogP contribution >= 0.6 is 11.3 Å². The predicted molar refractivity (Wildman–Crippen MR) is 116 cm³/mol. The Hall–Kier alpha value is -3.59. The number of hydrogen-bond acceptors (Lipinski definition) is 8. The number of thiophene rings is 1. The zero-order chi connectivity index (χ0) is 20.9. The molecule has 0 aliphatic carbocycles. The summed E-state index contributed by atoms with van der Waals surface area (Å²) in [4.78, 5) is 30.4. The third-order valence-electron chi connectivity index (χ3n) is 4.45. The smallest absolute Gasteiger partial charge is 0.271 e. The molecule has 1 unspecified atom stereocenters. The summed E-state index contributed by atoms with van der Waals surface area (Å²) in [5, 5.41) is 8.04.